The van der Waals surface area contributed by atoms with Crippen LogP contribution in [-0.2, 0) is 4.79 Å². The number of anilines is 1. The first-order valence-electron chi connectivity index (χ1n) is 8.73. The highest BCUT2D eigenvalue weighted by Gasteiger charge is 2.09. The summed E-state index contributed by atoms with van der Waals surface area (Å²) in [5.74, 6) is 1.54. The molecule has 3 aromatic rings. The van der Waals surface area contributed by atoms with Gasteiger partial charge in [0.15, 0.2) is 5.13 Å². The number of nitrogens with zero attached hydrogens (tertiary/aromatic N) is 1. The van der Waals surface area contributed by atoms with Gasteiger partial charge in [-0.1, -0.05) is 29.8 Å². The van der Waals surface area contributed by atoms with Gasteiger partial charge >= 0.3 is 0 Å². The van der Waals surface area contributed by atoms with Gasteiger partial charge in [0.25, 0.3) is 0 Å². The maximum atomic E-state index is 12.1. The molecule has 0 fully saturated rings. The number of rotatable bonds is 8. The standard InChI is InChI=1S/C21H22N2O3S/c1-15-8-10-17(11-9-15)26-12-4-7-20(24)23-21-22-19(14-27-21)16-5-3-6-18(13-16)25-2/h3,5-6,8-11,13-14H,4,7,12H2,1-2H3,(H,22,23,24). The summed E-state index contributed by atoms with van der Waals surface area (Å²) in [5, 5.41) is 5.36. The van der Waals surface area contributed by atoms with Gasteiger partial charge in [0.05, 0.1) is 19.4 Å². The number of aryl methyl sites for hydroxylation is 1. The van der Waals surface area contributed by atoms with E-state index in [2.05, 4.69) is 10.3 Å². The number of nitrogens with one attached hydrogen (secondary N) is 1. The summed E-state index contributed by atoms with van der Waals surface area (Å²) in [6, 6.07) is 15.6. The van der Waals surface area contributed by atoms with Crippen LogP contribution in [-0.4, -0.2) is 24.6 Å². The van der Waals surface area contributed by atoms with E-state index in [9.17, 15) is 4.79 Å². The smallest absolute Gasteiger partial charge is 0.226 e. The Morgan fingerprint density at radius 1 is 1.15 bits per heavy atom. The number of hydrogen-bond donors (Lipinski definition) is 1. The number of thiazole rings is 1. The predicted molar refractivity (Wildman–Crippen MR) is 109 cm³/mol. The van der Waals surface area contributed by atoms with Crippen molar-refractivity contribution in [3.63, 3.8) is 0 Å². The highest BCUT2D eigenvalue weighted by atomic mass is 32.1. The third-order valence-corrected chi connectivity index (χ3v) is 4.71. The molecule has 0 aliphatic heterocycles. The zero-order valence-corrected chi connectivity index (χ0v) is 16.2. The average molecular weight is 382 g/mol. The molecule has 140 valence electrons. The summed E-state index contributed by atoms with van der Waals surface area (Å²) >= 11 is 1.41. The fourth-order valence-corrected chi connectivity index (χ4v) is 3.22. The SMILES string of the molecule is COc1cccc(-c2csc(NC(=O)CCCOc3ccc(C)cc3)n2)c1. The monoisotopic (exact) mass is 382 g/mol. The number of amides is 1. The number of ether oxygens (including phenoxy) is 2. The first kappa shape index (κ1) is 18.9. The average Bonchev–Trinajstić information content (AvgIpc) is 3.15. The maximum Gasteiger partial charge on any atom is 0.226 e. The van der Waals surface area contributed by atoms with Crippen LogP contribution in [0.2, 0.25) is 0 Å². The van der Waals surface area contributed by atoms with Crippen LogP contribution in [0.25, 0.3) is 11.3 Å². The van der Waals surface area contributed by atoms with Gasteiger partial charge in [0, 0.05) is 17.4 Å². The van der Waals surface area contributed by atoms with E-state index in [0.717, 1.165) is 22.8 Å². The molecule has 2 aromatic carbocycles. The molecule has 0 unspecified atom stereocenters. The number of carbonyl (C=O) groups excluding carboxylic acids is 1. The molecule has 0 atom stereocenters. The van der Waals surface area contributed by atoms with Crippen molar-refractivity contribution in [2.75, 3.05) is 19.0 Å². The molecular formula is C21H22N2O3S. The Morgan fingerprint density at radius 3 is 2.74 bits per heavy atom. The Balaban J connectivity index is 1.45. The number of methoxy groups -OCH3 is 1. The Morgan fingerprint density at radius 2 is 1.96 bits per heavy atom. The lowest BCUT2D eigenvalue weighted by Gasteiger charge is -2.06. The highest BCUT2D eigenvalue weighted by molar-refractivity contribution is 7.14. The van der Waals surface area contributed by atoms with Gasteiger partial charge < -0.3 is 14.8 Å². The van der Waals surface area contributed by atoms with E-state index >= 15 is 0 Å². The zero-order chi connectivity index (χ0) is 19.1. The van der Waals surface area contributed by atoms with E-state index in [1.807, 2.05) is 60.8 Å². The topological polar surface area (TPSA) is 60.5 Å². The zero-order valence-electron chi connectivity index (χ0n) is 15.4. The van der Waals surface area contributed by atoms with Crippen molar-refractivity contribution in [2.45, 2.75) is 19.8 Å². The Labute approximate surface area is 163 Å². The van der Waals surface area contributed by atoms with Crippen molar-refractivity contribution in [3.8, 4) is 22.8 Å². The van der Waals surface area contributed by atoms with E-state index in [1.165, 1.54) is 16.9 Å². The first-order chi connectivity index (χ1) is 13.1. The van der Waals surface area contributed by atoms with Gasteiger partial charge in [-0.05, 0) is 37.6 Å². The molecule has 0 saturated heterocycles. The lowest BCUT2D eigenvalue weighted by molar-refractivity contribution is -0.116. The van der Waals surface area contributed by atoms with Crippen molar-refractivity contribution in [1.82, 2.24) is 4.98 Å². The maximum absolute atomic E-state index is 12.1. The van der Waals surface area contributed by atoms with E-state index in [0.29, 0.717) is 24.6 Å². The molecule has 0 aliphatic rings. The summed E-state index contributed by atoms with van der Waals surface area (Å²) in [6.45, 7) is 2.54. The second kappa shape index (κ2) is 9.19. The van der Waals surface area contributed by atoms with Crippen LogP contribution >= 0.6 is 11.3 Å². The predicted octanol–water partition coefficient (Wildman–Crippen LogP) is 4.92. The molecule has 0 saturated carbocycles. The molecule has 0 bridgehead atoms. The normalized spacial score (nSPS) is 10.4. The van der Waals surface area contributed by atoms with E-state index < -0.39 is 0 Å². The Hall–Kier alpha value is -2.86. The van der Waals surface area contributed by atoms with E-state index in [1.54, 1.807) is 7.11 Å². The molecule has 0 aliphatic carbocycles. The molecule has 6 heteroatoms. The van der Waals surface area contributed by atoms with Crippen molar-refractivity contribution in [2.24, 2.45) is 0 Å². The van der Waals surface area contributed by atoms with Crippen LogP contribution in [0.4, 0.5) is 5.13 Å². The summed E-state index contributed by atoms with van der Waals surface area (Å²) < 4.78 is 10.9. The summed E-state index contributed by atoms with van der Waals surface area (Å²) in [6.07, 6.45) is 1.04. The minimum atomic E-state index is -0.0611. The number of hydrogen-bond acceptors (Lipinski definition) is 5. The summed E-state index contributed by atoms with van der Waals surface area (Å²) in [7, 11) is 1.63. The summed E-state index contributed by atoms with van der Waals surface area (Å²) in [5.41, 5.74) is 2.97. The van der Waals surface area contributed by atoms with Gasteiger partial charge in [-0.3, -0.25) is 4.79 Å². The Kier molecular flexibility index (Phi) is 6.44. The van der Waals surface area contributed by atoms with Gasteiger partial charge in [0.2, 0.25) is 5.91 Å². The molecular weight excluding hydrogens is 360 g/mol. The number of aromatic nitrogens is 1. The molecule has 0 radical (unpaired) electrons. The molecule has 5 nitrogen and oxygen atoms in total. The van der Waals surface area contributed by atoms with Crippen molar-refractivity contribution in [3.05, 3.63) is 59.5 Å². The van der Waals surface area contributed by atoms with Gasteiger partial charge in [-0.15, -0.1) is 11.3 Å². The largest absolute Gasteiger partial charge is 0.497 e. The molecule has 27 heavy (non-hydrogen) atoms. The fraction of sp³-hybridized carbons (Fsp3) is 0.238. The van der Waals surface area contributed by atoms with Crippen LogP contribution in [0.3, 0.4) is 0 Å². The molecule has 1 heterocycles. The molecule has 1 aromatic heterocycles. The van der Waals surface area contributed by atoms with Gasteiger partial charge in [0.1, 0.15) is 11.5 Å². The second-order valence-electron chi connectivity index (χ2n) is 6.08. The number of carbonyl (C=O) groups is 1. The first-order valence-corrected chi connectivity index (χ1v) is 9.61. The van der Waals surface area contributed by atoms with Crippen molar-refractivity contribution < 1.29 is 14.3 Å². The summed E-state index contributed by atoms with van der Waals surface area (Å²) in [4.78, 5) is 16.6. The lowest BCUT2D eigenvalue weighted by atomic mass is 10.2. The van der Waals surface area contributed by atoms with Crippen LogP contribution in [0, 0.1) is 6.92 Å². The van der Waals surface area contributed by atoms with Crippen molar-refractivity contribution in [1.29, 1.82) is 0 Å². The van der Waals surface area contributed by atoms with E-state index in [-0.39, 0.29) is 5.91 Å². The van der Waals surface area contributed by atoms with Crippen LogP contribution in [0.15, 0.2) is 53.9 Å². The molecule has 1 amide bonds. The van der Waals surface area contributed by atoms with Crippen LogP contribution < -0.4 is 14.8 Å². The minimum Gasteiger partial charge on any atom is -0.497 e. The minimum absolute atomic E-state index is 0.0611. The lowest BCUT2D eigenvalue weighted by Crippen LogP contribution is -2.12. The van der Waals surface area contributed by atoms with Gasteiger partial charge in [-0.25, -0.2) is 4.98 Å². The highest BCUT2D eigenvalue weighted by Crippen LogP contribution is 2.27. The van der Waals surface area contributed by atoms with E-state index in [4.69, 9.17) is 9.47 Å². The molecule has 0 spiro atoms. The third kappa shape index (κ3) is 5.56. The van der Waals surface area contributed by atoms with Crippen LogP contribution in [0.1, 0.15) is 18.4 Å². The van der Waals surface area contributed by atoms with Gasteiger partial charge in [-0.2, -0.15) is 0 Å². The quantitative estimate of drug-likeness (QED) is 0.562. The van der Waals surface area contributed by atoms with Crippen molar-refractivity contribution >= 4 is 22.4 Å². The fourth-order valence-electron chi connectivity index (χ4n) is 2.49. The number of benzene rings is 2. The molecule has 3 rings (SSSR count). The second-order valence-corrected chi connectivity index (χ2v) is 6.94. The van der Waals surface area contributed by atoms with Crippen LogP contribution in [0.5, 0.6) is 11.5 Å². The molecule has 1 N–H and O–H groups in total. The third-order valence-electron chi connectivity index (χ3n) is 3.95. The Bertz CT molecular complexity index is 890.